The first-order valence-corrected chi connectivity index (χ1v) is 12.6. The number of likely N-dealkylation sites (tertiary alicyclic amines) is 1. The quantitative estimate of drug-likeness (QED) is 0.466. The van der Waals surface area contributed by atoms with Gasteiger partial charge in [-0.2, -0.15) is 0 Å². The van der Waals surface area contributed by atoms with Gasteiger partial charge in [-0.25, -0.2) is 9.78 Å². The van der Waals surface area contributed by atoms with Crippen molar-refractivity contribution in [3.63, 3.8) is 0 Å². The highest BCUT2D eigenvalue weighted by atomic mass is 16.6. The van der Waals surface area contributed by atoms with E-state index in [2.05, 4.69) is 22.0 Å². The average Bonchev–Trinajstić information content (AvgIpc) is 3.28. The molecular formula is C29H31N3O5. The van der Waals surface area contributed by atoms with E-state index in [1.54, 1.807) is 24.3 Å². The first kappa shape index (κ1) is 24.8. The van der Waals surface area contributed by atoms with Gasteiger partial charge in [0.2, 0.25) is 5.88 Å². The Labute approximate surface area is 216 Å². The van der Waals surface area contributed by atoms with Crippen LogP contribution in [0.25, 0.3) is 0 Å². The third-order valence-corrected chi connectivity index (χ3v) is 7.09. The van der Waals surface area contributed by atoms with E-state index in [1.165, 1.54) is 0 Å². The van der Waals surface area contributed by atoms with Gasteiger partial charge in [-0.15, -0.1) is 0 Å². The molecule has 8 nitrogen and oxygen atoms in total. The van der Waals surface area contributed by atoms with Crippen molar-refractivity contribution in [2.45, 2.75) is 44.8 Å². The van der Waals surface area contributed by atoms with E-state index in [1.807, 2.05) is 42.2 Å². The van der Waals surface area contributed by atoms with Crippen LogP contribution in [0.3, 0.4) is 0 Å². The molecule has 1 N–H and O–H groups in total. The van der Waals surface area contributed by atoms with Crippen molar-refractivity contribution in [3.8, 4) is 11.6 Å². The number of pyridine rings is 1. The van der Waals surface area contributed by atoms with Gasteiger partial charge in [0, 0.05) is 37.4 Å². The van der Waals surface area contributed by atoms with Crippen LogP contribution >= 0.6 is 0 Å². The molecule has 1 aromatic heterocycles. The predicted molar refractivity (Wildman–Crippen MR) is 137 cm³/mol. The van der Waals surface area contributed by atoms with Crippen LogP contribution in [0.1, 0.15) is 41.3 Å². The highest BCUT2D eigenvalue weighted by Gasteiger charge is 2.40. The van der Waals surface area contributed by atoms with E-state index < -0.39 is 5.97 Å². The molecule has 1 amide bonds. The maximum absolute atomic E-state index is 12.5. The Morgan fingerprint density at radius 3 is 2.59 bits per heavy atom. The molecule has 0 spiro atoms. The zero-order valence-corrected chi connectivity index (χ0v) is 20.9. The molecule has 3 heterocycles. The van der Waals surface area contributed by atoms with Gasteiger partial charge >= 0.3 is 12.1 Å². The number of rotatable bonds is 8. The summed E-state index contributed by atoms with van der Waals surface area (Å²) in [5.74, 6) is 0.164. The second kappa shape index (κ2) is 11.0. The second-order valence-electron chi connectivity index (χ2n) is 9.63. The lowest BCUT2D eigenvalue weighted by Gasteiger charge is -2.38. The molecule has 0 saturated carbocycles. The summed E-state index contributed by atoms with van der Waals surface area (Å²) in [4.78, 5) is 32.5. The number of carbonyl (C=O) groups excluding carboxylic acids is 1. The molecule has 2 aromatic carbocycles. The van der Waals surface area contributed by atoms with E-state index in [-0.39, 0.29) is 24.6 Å². The fraction of sp³-hybridized carbons (Fsp3) is 0.345. The molecule has 0 bridgehead atoms. The molecule has 192 valence electrons. The van der Waals surface area contributed by atoms with Crippen molar-refractivity contribution in [2.24, 2.45) is 0 Å². The summed E-state index contributed by atoms with van der Waals surface area (Å²) in [6.45, 7) is 4.95. The van der Waals surface area contributed by atoms with Crippen LogP contribution in [0.2, 0.25) is 0 Å². The van der Waals surface area contributed by atoms with Crippen molar-refractivity contribution in [3.05, 3.63) is 89.1 Å². The number of hydrogen-bond donors (Lipinski definition) is 1. The number of nitrogens with zero attached hydrogens (tertiary/aromatic N) is 3. The standard InChI is InChI=1S/C29H31N3O5/c1-20-23(10-11-27(30-20)37-25-9-5-6-21(16-25)17-28(33)34)18-31-14-12-24(13-15-31)32-26(19-36-29(32)35)22-7-3-2-4-8-22/h2-11,16,24,26H,12-15,17-19H2,1H3,(H,33,34). The van der Waals surface area contributed by atoms with Crippen LogP contribution in [0.5, 0.6) is 11.6 Å². The molecule has 37 heavy (non-hydrogen) atoms. The van der Waals surface area contributed by atoms with Crippen LogP contribution in [0, 0.1) is 6.92 Å². The SMILES string of the molecule is Cc1nc(Oc2cccc(CC(=O)O)c2)ccc1CN1CCC(N2C(=O)OCC2c2ccccc2)CC1. The van der Waals surface area contributed by atoms with E-state index in [4.69, 9.17) is 14.6 Å². The lowest BCUT2D eigenvalue weighted by molar-refractivity contribution is -0.136. The van der Waals surface area contributed by atoms with Gasteiger partial charge in [0.15, 0.2) is 0 Å². The van der Waals surface area contributed by atoms with Gasteiger partial charge in [0.1, 0.15) is 12.4 Å². The largest absolute Gasteiger partial charge is 0.481 e. The highest BCUT2D eigenvalue weighted by molar-refractivity contribution is 5.71. The summed E-state index contributed by atoms with van der Waals surface area (Å²) in [7, 11) is 0. The van der Waals surface area contributed by atoms with Crippen molar-refractivity contribution in [1.29, 1.82) is 0 Å². The number of hydrogen-bond acceptors (Lipinski definition) is 6. The Morgan fingerprint density at radius 1 is 1.08 bits per heavy atom. The monoisotopic (exact) mass is 501 g/mol. The molecule has 0 radical (unpaired) electrons. The number of carbonyl (C=O) groups is 2. The van der Waals surface area contributed by atoms with Crippen molar-refractivity contribution < 1.29 is 24.2 Å². The van der Waals surface area contributed by atoms with Gasteiger partial charge < -0.3 is 14.6 Å². The van der Waals surface area contributed by atoms with E-state index in [9.17, 15) is 9.59 Å². The van der Waals surface area contributed by atoms with Gasteiger partial charge in [-0.1, -0.05) is 48.5 Å². The predicted octanol–water partition coefficient (Wildman–Crippen LogP) is 4.97. The Bertz CT molecular complexity index is 1260. The summed E-state index contributed by atoms with van der Waals surface area (Å²) in [5.41, 5.74) is 3.83. The third kappa shape index (κ3) is 5.91. The van der Waals surface area contributed by atoms with E-state index in [0.717, 1.165) is 49.3 Å². The average molecular weight is 502 g/mol. The summed E-state index contributed by atoms with van der Waals surface area (Å²) in [5, 5.41) is 9.01. The molecule has 0 aliphatic carbocycles. The molecule has 3 aromatic rings. The zero-order valence-electron chi connectivity index (χ0n) is 20.9. The molecule has 1 unspecified atom stereocenters. The lowest BCUT2D eigenvalue weighted by Crippen LogP contribution is -2.46. The molecule has 1 atom stereocenters. The molecule has 2 aliphatic heterocycles. The minimum atomic E-state index is -0.879. The van der Waals surface area contributed by atoms with E-state index >= 15 is 0 Å². The van der Waals surface area contributed by atoms with E-state index in [0.29, 0.717) is 23.8 Å². The molecule has 2 fully saturated rings. The fourth-order valence-electron chi connectivity index (χ4n) is 5.17. The summed E-state index contributed by atoms with van der Waals surface area (Å²) in [6.07, 6.45) is 1.54. The van der Waals surface area contributed by atoms with Crippen LogP contribution in [0.4, 0.5) is 4.79 Å². The van der Waals surface area contributed by atoms with Crippen LogP contribution < -0.4 is 4.74 Å². The Hall–Kier alpha value is -3.91. The number of aromatic nitrogens is 1. The normalized spacial score (nSPS) is 18.6. The number of cyclic esters (lactones) is 1. The third-order valence-electron chi connectivity index (χ3n) is 7.09. The number of carboxylic acid groups (broad SMARTS) is 1. The van der Waals surface area contributed by atoms with Crippen LogP contribution in [0.15, 0.2) is 66.7 Å². The lowest BCUT2D eigenvalue weighted by atomic mass is 9.98. The number of carboxylic acids is 1. The molecule has 2 aliphatic rings. The zero-order chi connectivity index (χ0) is 25.8. The number of piperidine rings is 1. The number of aliphatic carboxylic acids is 1. The second-order valence-corrected chi connectivity index (χ2v) is 9.63. The van der Waals surface area contributed by atoms with Crippen molar-refractivity contribution in [2.75, 3.05) is 19.7 Å². The number of benzene rings is 2. The maximum atomic E-state index is 12.5. The number of amides is 1. The van der Waals surface area contributed by atoms with Crippen molar-refractivity contribution >= 4 is 12.1 Å². The summed E-state index contributed by atoms with van der Waals surface area (Å²) >= 11 is 0. The van der Waals surface area contributed by atoms with Crippen LogP contribution in [-0.2, 0) is 22.5 Å². The minimum Gasteiger partial charge on any atom is -0.481 e. The van der Waals surface area contributed by atoms with Gasteiger partial charge in [-0.3, -0.25) is 14.6 Å². The number of aryl methyl sites for hydroxylation is 1. The summed E-state index contributed by atoms with van der Waals surface area (Å²) < 4.78 is 11.3. The van der Waals surface area contributed by atoms with Gasteiger partial charge in [-0.05, 0) is 48.6 Å². The molecule has 2 saturated heterocycles. The smallest absolute Gasteiger partial charge is 0.410 e. The number of ether oxygens (including phenoxy) is 2. The van der Waals surface area contributed by atoms with Crippen LogP contribution in [-0.4, -0.2) is 57.7 Å². The summed E-state index contributed by atoms with van der Waals surface area (Å²) in [6, 6.07) is 21.2. The Kier molecular flexibility index (Phi) is 7.37. The fourth-order valence-corrected chi connectivity index (χ4v) is 5.17. The molecule has 8 heteroatoms. The Balaban J connectivity index is 1.17. The Morgan fingerprint density at radius 2 is 1.86 bits per heavy atom. The highest BCUT2D eigenvalue weighted by Crippen LogP contribution is 2.33. The topological polar surface area (TPSA) is 92.2 Å². The molecular weight excluding hydrogens is 470 g/mol. The minimum absolute atomic E-state index is 0.0194. The van der Waals surface area contributed by atoms with Gasteiger partial charge in [0.05, 0.1) is 12.5 Å². The van der Waals surface area contributed by atoms with Gasteiger partial charge in [0.25, 0.3) is 0 Å². The van der Waals surface area contributed by atoms with Crippen molar-refractivity contribution in [1.82, 2.24) is 14.8 Å². The first-order chi connectivity index (χ1) is 18.0. The maximum Gasteiger partial charge on any atom is 0.410 e. The first-order valence-electron chi connectivity index (χ1n) is 12.6. The molecule has 5 rings (SSSR count).